The van der Waals surface area contributed by atoms with E-state index in [9.17, 15) is 14.4 Å². The topological polar surface area (TPSA) is 102 Å². The molecule has 2 heterocycles. The second-order valence-corrected chi connectivity index (χ2v) is 5.96. The maximum atomic E-state index is 12.5. The molecule has 1 fully saturated rings. The highest BCUT2D eigenvalue weighted by atomic mass is 16.5. The standard InChI is InChI=1S/C16H19N3O4/c1-9-6-10-2-3-11(7-12(10)18-15(9)21)19-4-5-23-13(16(19)22)8-14(17)20/h2-3,7,9,13H,4-6,8H2,1H3,(H2,17,20)(H,18,21)/t9?,13-/m1/s1. The molecule has 3 amide bonds. The van der Waals surface area contributed by atoms with Crippen LogP contribution in [0.2, 0.25) is 0 Å². The summed E-state index contributed by atoms with van der Waals surface area (Å²) >= 11 is 0. The SMILES string of the molecule is CC1Cc2ccc(N3CCO[C@H](CC(N)=O)C3=O)cc2NC1=O. The van der Waals surface area contributed by atoms with Gasteiger partial charge in [0.05, 0.1) is 13.0 Å². The average molecular weight is 317 g/mol. The summed E-state index contributed by atoms with van der Waals surface area (Å²) in [5, 5.41) is 2.87. The van der Waals surface area contributed by atoms with E-state index < -0.39 is 12.0 Å². The molecular formula is C16H19N3O4. The number of nitrogens with two attached hydrogens (primary N) is 1. The number of ether oxygens (including phenoxy) is 1. The van der Waals surface area contributed by atoms with Gasteiger partial charge in [-0.15, -0.1) is 0 Å². The summed E-state index contributed by atoms with van der Waals surface area (Å²) < 4.78 is 5.33. The van der Waals surface area contributed by atoms with Crippen molar-refractivity contribution in [3.63, 3.8) is 0 Å². The molecule has 0 radical (unpaired) electrons. The Morgan fingerprint density at radius 2 is 2.22 bits per heavy atom. The Bertz CT molecular complexity index is 673. The lowest BCUT2D eigenvalue weighted by Crippen LogP contribution is -2.49. The minimum Gasteiger partial charge on any atom is -0.370 e. The molecule has 2 aliphatic rings. The van der Waals surface area contributed by atoms with Crippen LogP contribution in [0.1, 0.15) is 18.9 Å². The van der Waals surface area contributed by atoms with E-state index in [0.717, 1.165) is 11.3 Å². The first-order valence-corrected chi connectivity index (χ1v) is 7.61. The largest absolute Gasteiger partial charge is 0.370 e. The van der Waals surface area contributed by atoms with Crippen LogP contribution >= 0.6 is 0 Å². The molecule has 1 unspecified atom stereocenters. The molecule has 3 rings (SSSR count). The fourth-order valence-corrected chi connectivity index (χ4v) is 2.93. The van der Waals surface area contributed by atoms with Gasteiger partial charge in [0.1, 0.15) is 6.10 Å². The minimum absolute atomic E-state index is 0.0189. The third-order valence-corrected chi connectivity index (χ3v) is 4.20. The number of benzene rings is 1. The Morgan fingerprint density at radius 1 is 1.43 bits per heavy atom. The Kier molecular flexibility index (Phi) is 4.04. The Labute approximate surface area is 133 Å². The van der Waals surface area contributed by atoms with Gasteiger partial charge in [0.2, 0.25) is 11.8 Å². The number of fused-ring (bicyclic) bond motifs is 1. The van der Waals surface area contributed by atoms with Crippen LogP contribution in [0, 0.1) is 5.92 Å². The monoisotopic (exact) mass is 317 g/mol. The minimum atomic E-state index is -0.841. The van der Waals surface area contributed by atoms with E-state index in [-0.39, 0.29) is 24.2 Å². The zero-order valence-corrected chi connectivity index (χ0v) is 12.9. The van der Waals surface area contributed by atoms with Crippen molar-refractivity contribution in [1.29, 1.82) is 0 Å². The molecule has 122 valence electrons. The summed E-state index contributed by atoms with van der Waals surface area (Å²) in [5.74, 6) is -0.935. The van der Waals surface area contributed by atoms with E-state index >= 15 is 0 Å². The number of primary amides is 1. The summed E-state index contributed by atoms with van der Waals surface area (Å²) in [6, 6.07) is 5.57. The van der Waals surface area contributed by atoms with Crippen molar-refractivity contribution in [1.82, 2.24) is 0 Å². The zero-order chi connectivity index (χ0) is 16.6. The number of carbonyl (C=O) groups is 3. The number of morpholine rings is 1. The quantitative estimate of drug-likeness (QED) is 0.843. The van der Waals surface area contributed by atoms with E-state index in [1.807, 2.05) is 19.1 Å². The van der Waals surface area contributed by atoms with Crippen molar-refractivity contribution in [2.45, 2.75) is 25.9 Å². The summed E-state index contributed by atoms with van der Waals surface area (Å²) in [6.45, 7) is 2.62. The molecule has 0 saturated carbocycles. The highest BCUT2D eigenvalue weighted by Gasteiger charge is 2.32. The maximum Gasteiger partial charge on any atom is 0.256 e. The second kappa shape index (κ2) is 6.00. The summed E-state index contributed by atoms with van der Waals surface area (Å²) in [6.07, 6.45) is -0.288. The van der Waals surface area contributed by atoms with Crippen LogP contribution in [0.25, 0.3) is 0 Å². The zero-order valence-electron chi connectivity index (χ0n) is 12.9. The first kappa shape index (κ1) is 15.5. The van der Waals surface area contributed by atoms with Crippen LogP contribution in [0.5, 0.6) is 0 Å². The van der Waals surface area contributed by atoms with Crippen LogP contribution in [0.3, 0.4) is 0 Å². The van der Waals surface area contributed by atoms with Crippen molar-refractivity contribution >= 4 is 29.1 Å². The van der Waals surface area contributed by atoms with Gasteiger partial charge < -0.3 is 20.7 Å². The predicted molar refractivity (Wildman–Crippen MR) is 83.8 cm³/mol. The third-order valence-electron chi connectivity index (χ3n) is 4.20. The molecule has 0 aliphatic carbocycles. The van der Waals surface area contributed by atoms with Gasteiger partial charge in [-0.05, 0) is 24.1 Å². The molecule has 2 aliphatic heterocycles. The molecule has 23 heavy (non-hydrogen) atoms. The van der Waals surface area contributed by atoms with E-state index in [4.69, 9.17) is 10.5 Å². The van der Waals surface area contributed by atoms with Gasteiger partial charge in [0.15, 0.2) is 0 Å². The number of nitrogens with one attached hydrogen (secondary N) is 1. The molecule has 1 aromatic rings. The number of hydrogen-bond donors (Lipinski definition) is 2. The number of rotatable bonds is 3. The van der Waals surface area contributed by atoms with Gasteiger partial charge in [-0.1, -0.05) is 13.0 Å². The molecule has 7 nitrogen and oxygen atoms in total. The molecule has 2 atom stereocenters. The van der Waals surface area contributed by atoms with Gasteiger partial charge >= 0.3 is 0 Å². The second-order valence-electron chi connectivity index (χ2n) is 5.96. The van der Waals surface area contributed by atoms with Gasteiger partial charge in [-0.3, -0.25) is 14.4 Å². The van der Waals surface area contributed by atoms with Gasteiger partial charge in [-0.2, -0.15) is 0 Å². The highest BCUT2D eigenvalue weighted by Crippen LogP contribution is 2.31. The molecule has 0 spiro atoms. The fraction of sp³-hybridized carbons (Fsp3) is 0.438. The maximum absolute atomic E-state index is 12.5. The average Bonchev–Trinajstić information content (AvgIpc) is 2.50. The molecule has 3 N–H and O–H groups in total. The summed E-state index contributed by atoms with van der Waals surface area (Å²) in [5.41, 5.74) is 7.62. The van der Waals surface area contributed by atoms with Crippen LogP contribution in [0.15, 0.2) is 18.2 Å². The molecule has 1 aromatic carbocycles. The van der Waals surface area contributed by atoms with Gasteiger partial charge in [-0.25, -0.2) is 0 Å². The Balaban J connectivity index is 1.84. The van der Waals surface area contributed by atoms with Crippen molar-refractivity contribution in [3.05, 3.63) is 23.8 Å². The van der Waals surface area contributed by atoms with Gasteiger partial charge in [0, 0.05) is 23.8 Å². The fourth-order valence-electron chi connectivity index (χ4n) is 2.93. The lowest BCUT2D eigenvalue weighted by atomic mass is 9.94. The summed E-state index contributed by atoms with van der Waals surface area (Å²) in [7, 11) is 0. The van der Waals surface area contributed by atoms with Crippen LogP contribution in [-0.2, 0) is 25.5 Å². The summed E-state index contributed by atoms with van der Waals surface area (Å²) in [4.78, 5) is 36.9. The Morgan fingerprint density at radius 3 is 2.96 bits per heavy atom. The number of carbonyl (C=O) groups excluding carboxylic acids is 3. The highest BCUT2D eigenvalue weighted by molar-refractivity contribution is 6.01. The molecule has 0 bridgehead atoms. The van der Waals surface area contributed by atoms with Crippen molar-refractivity contribution in [2.24, 2.45) is 11.7 Å². The first-order chi connectivity index (χ1) is 11.0. The lowest BCUT2D eigenvalue weighted by Gasteiger charge is -2.33. The Hall–Kier alpha value is -2.41. The van der Waals surface area contributed by atoms with E-state index in [1.54, 1.807) is 11.0 Å². The molecule has 7 heteroatoms. The van der Waals surface area contributed by atoms with E-state index in [2.05, 4.69) is 5.32 Å². The van der Waals surface area contributed by atoms with Crippen LogP contribution < -0.4 is 16.0 Å². The van der Waals surface area contributed by atoms with E-state index in [0.29, 0.717) is 25.3 Å². The van der Waals surface area contributed by atoms with Crippen molar-refractivity contribution in [3.8, 4) is 0 Å². The van der Waals surface area contributed by atoms with E-state index in [1.165, 1.54) is 0 Å². The van der Waals surface area contributed by atoms with Crippen molar-refractivity contribution in [2.75, 3.05) is 23.4 Å². The van der Waals surface area contributed by atoms with Gasteiger partial charge in [0.25, 0.3) is 5.91 Å². The third kappa shape index (κ3) is 3.05. The molecular weight excluding hydrogens is 298 g/mol. The smallest absolute Gasteiger partial charge is 0.256 e. The van der Waals surface area contributed by atoms with Crippen LogP contribution in [0.4, 0.5) is 11.4 Å². The lowest BCUT2D eigenvalue weighted by molar-refractivity contribution is -0.138. The number of hydrogen-bond acceptors (Lipinski definition) is 4. The first-order valence-electron chi connectivity index (χ1n) is 7.61. The van der Waals surface area contributed by atoms with Crippen molar-refractivity contribution < 1.29 is 19.1 Å². The normalized spacial score (nSPS) is 24.1. The molecule has 1 saturated heterocycles. The number of amides is 3. The number of nitrogens with zero attached hydrogens (tertiary/aromatic N) is 1. The van der Waals surface area contributed by atoms with Crippen LogP contribution in [-0.4, -0.2) is 37.0 Å². The predicted octanol–water partition coefficient (Wildman–Crippen LogP) is 0.424. The number of anilines is 2. The molecule has 0 aromatic heterocycles.